The Balaban J connectivity index is 1.09. The Morgan fingerprint density at radius 1 is 1.20 bits per heavy atom. The van der Waals surface area contributed by atoms with Crippen LogP contribution >= 0.6 is 34.7 Å². The minimum atomic E-state index is -1.13. The number of aromatic carboxylic acids is 1. The molecule has 4 fully saturated rings. The van der Waals surface area contributed by atoms with Crippen LogP contribution < -0.4 is 4.90 Å². The zero-order valence-electron chi connectivity index (χ0n) is 22.1. The van der Waals surface area contributed by atoms with Crippen LogP contribution in [0.3, 0.4) is 0 Å². The Bertz CT molecular complexity index is 1700. The molecule has 1 aliphatic carbocycles. The predicted octanol–water partition coefficient (Wildman–Crippen LogP) is 7.61. The van der Waals surface area contributed by atoms with Crippen LogP contribution in [-0.4, -0.2) is 50.7 Å². The van der Waals surface area contributed by atoms with E-state index >= 15 is 4.39 Å². The second-order valence-electron chi connectivity index (χ2n) is 12.1. The van der Waals surface area contributed by atoms with Gasteiger partial charge in [0.2, 0.25) is 0 Å². The van der Waals surface area contributed by atoms with Crippen molar-refractivity contribution in [3.63, 3.8) is 0 Å². The molecule has 1 saturated carbocycles. The number of fused-ring (bicyclic) bond motifs is 4. The summed E-state index contributed by atoms with van der Waals surface area (Å²) in [5.74, 6) is -0.156. The lowest BCUT2D eigenvalue weighted by atomic mass is 9.73. The Hall–Kier alpha value is -2.72. The third kappa shape index (κ3) is 4.03. The maximum atomic E-state index is 15.6. The molecule has 8 rings (SSSR count). The normalized spacial score (nSPS) is 25.8. The molecule has 3 aliphatic heterocycles. The van der Waals surface area contributed by atoms with Gasteiger partial charge in [0.15, 0.2) is 5.69 Å². The number of halogens is 3. The lowest BCUT2D eigenvalue weighted by Crippen LogP contribution is -2.40. The summed E-state index contributed by atoms with van der Waals surface area (Å²) in [7, 11) is 0. The third-order valence-electron chi connectivity index (χ3n) is 9.68. The molecule has 3 unspecified atom stereocenters. The summed E-state index contributed by atoms with van der Waals surface area (Å²) < 4.78 is 26.2. The molecule has 212 valence electrons. The van der Waals surface area contributed by atoms with Gasteiger partial charge < -0.3 is 14.5 Å². The lowest BCUT2D eigenvalue weighted by molar-refractivity contribution is 0.0694. The molecule has 0 radical (unpaired) electrons. The van der Waals surface area contributed by atoms with E-state index in [0.29, 0.717) is 38.3 Å². The fourth-order valence-electron chi connectivity index (χ4n) is 7.80. The highest BCUT2D eigenvalue weighted by atomic mass is 35.5. The molecule has 11 heteroatoms. The van der Waals surface area contributed by atoms with E-state index < -0.39 is 5.97 Å². The van der Waals surface area contributed by atoms with Gasteiger partial charge in [-0.25, -0.2) is 9.18 Å². The van der Waals surface area contributed by atoms with Gasteiger partial charge in [-0.05, 0) is 80.9 Å². The van der Waals surface area contributed by atoms with Crippen molar-refractivity contribution in [3.05, 3.63) is 63.2 Å². The Morgan fingerprint density at radius 2 is 2.00 bits per heavy atom. The van der Waals surface area contributed by atoms with Crippen molar-refractivity contribution in [1.29, 1.82) is 0 Å². The van der Waals surface area contributed by atoms with Crippen LogP contribution in [0.15, 0.2) is 34.9 Å². The van der Waals surface area contributed by atoms with Crippen molar-refractivity contribution in [1.82, 2.24) is 14.4 Å². The van der Waals surface area contributed by atoms with Gasteiger partial charge in [0, 0.05) is 53.0 Å². The van der Waals surface area contributed by atoms with E-state index in [-0.39, 0.29) is 29.0 Å². The van der Waals surface area contributed by atoms with Gasteiger partial charge in [-0.15, -0.1) is 0 Å². The second-order valence-corrected chi connectivity index (χ2v) is 13.7. The first kappa shape index (κ1) is 25.9. The van der Waals surface area contributed by atoms with Crippen LogP contribution in [0.5, 0.6) is 0 Å². The molecular formula is C30H27Cl2FN4O3S. The number of carboxylic acids is 1. The summed E-state index contributed by atoms with van der Waals surface area (Å²) >= 11 is 14.3. The van der Waals surface area contributed by atoms with E-state index in [2.05, 4.69) is 19.3 Å². The number of hydrogen-bond donors (Lipinski definition) is 1. The molecular weight excluding hydrogens is 586 g/mol. The summed E-state index contributed by atoms with van der Waals surface area (Å²) in [6.45, 7) is 2.58. The van der Waals surface area contributed by atoms with Crippen molar-refractivity contribution >= 4 is 56.5 Å². The maximum Gasteiger partial charge on any atom is 0.356 e. The summed E-state index contributed by atoms with van der Waals surface area (Å²) in [5.41, 5.74) is 3.10. The first-order valence-electron chi connectivity index (χ1n) is 14.1. The van der Waals surface area contributed by atoms with Crippen LogP contribution in [0.2, 0.25) is 10.0 Å². The molecule has 5 heterocycles. The Labute approximate surface area is 250 Å². The largest absolute Gasteiger partial charge is 0.476 e. The van der Waals surface area contributed by atoms with Crippen molar-refractivity contribution in [2.45, 2.75) is 63.1 Å². The molecule has 2 aromatic carbocycles. The topological polar surface area (TPSA) is 82.7 Å². The SMILES string of the molecule is O=C(O)c1nsc2cc(N3C4CCC3C3(CCN(Cc5c(-c6c(Cl)cccc6Cl)noc5C5CC5)C3)C4)c(F)cc12. The van der Waals surface area contributed by atoms with Crippen LogP contribution in [0.25, 0.3) is 21.3 Å². The molecule has 41 heavy (non-hydrogen) atoms. The zero-order valence-corrected chi connectivity index (χ0v) is 24.4. The molecule has 1 spiro atoms. The minimum Gasteiger partial charge on any atom is -0.476 e. The molecule has 3 saturated heterocycles. The number of likely N-dealkylation sites (tertiary alicyclic amines) is 1. The number of hydrogen-bond acceptors (Lipinski definition) is 7. The highest BCUT2D eigenvalue weighted by molar-refractivity contribution is 7.13. The van der Waals surface area contributed by atoms with Gasteiger partial charge >= 0.3 is 5.97 Å². The molecule has 0 amide bonds. The highest BCUT2D eigenvalue weighted by Crippen LogP contribution is 2.57. The van der Waals surface area contributed by atoms with Gasteiger partial charge in [0.05, 0.1) is 20.4 Å². The standard InChI is InChI=1S/C30H27Cl2FN4O3S/c31-19-2-1-3-20(32)25(19)26-18(28(40-34-26)15-4-5-15)13-36-9-8-30(14-36)12-16-6-7-24(30)37(16)22-11-23-17(10-21(22)33)27(29(38)39)35-41-23/h1-3,10-11,15-16,24H,4-9,12-14H2,(H,38,39). The fraction of sp³-hybridized carbons (Fsp3) is 0.433. The smallest absolute Gasteiger partial charge is 0.356 e. The summed E-state index contributed by atoms with van der Waals surface area (Å²) in [4.78, 5) is 16.3. The Kier molecular flexibility index (Phi) is 5.94. The first-order valence-corrected chi connectivity index (χ1v) is 15.6. The van der Waals surface area contributed by atoms with E-state index in [1.165, 1.54) is 6.07 Å². The number of nitrogens with zero attached hydrogens (tertiary/aromatic N) is 4. The quantitative estimate of drug-likeness (QED) is 0.240. The van der Waals surface area contributed by atoms with E-state index in [9.17, 15) is 9.90 Å². The van der Waals surface area contributed by atoms with Crippen LogP contribution in [0.4, 0.5) is 10.1 Å². The molecule has 2 aromatic heterocycles. The number of aromatic nitrogens is 2. The lowest BCUT2D eigenvalue weighted by Gasteiger charge is -2.34. The summed E-state index contributed by atoms with van der Waals surface area (Å²) in [6.07, 6.45) is 6.34. The Morgan fingerprint density at radius 3 is 2.76 bits per heavy atom. The van der Waals surface area contributed by atoms with Crippen molar-refractivity contribution in [2.75, 3.05) is 18.0 Å². The van der Waals surface area contributed by atoms with Gasteiger partial charge in [-0.1, -0.05) is 34.4 Å². The first-order chi connectivity index (χ1) is 19.8. The molecule has 3 atom stereocenters. The number of carbonyl (C=O) groups is 1. The van der Waals surface area contributed by atoms with Crippen molar-refractivity contribution in [2.24, 2.45) is 5.41 Å². The monoisotopic (exact) mass is 612 g/mol. The van der Waals surface area contributed by atoms with Crippen molar-refractivity contribution in [3.8, 4) is 11.3 Å². The number of benzene rings is 2. The average molecular weight is 614 g/mol. The molecule has 1 N–H and O–H groups in total. The fourth-order valence-corrected chi connectivity index (χ4v) is 9.16. The molecule has 2 bridgehead atoms. The van der Waals surface area contributed by atoms with Gasteiger partial charge in [-0.3, -0.25) is 4.90 Å². The summed E-state index contributed by atoms with van der Waals surface area (Å²) in [5, 5.41) is 15.4. The number of anilines is 1. The van der Waals surface area contributed by atoms with E-state index in [0.717, 1.165) is 85.7 Å². The van der Waals surface area contributed by atoms with Crippen LogP contribution in [0, 0.1) is 11.2 Å². The number of rotatable bonds is 6. The van der Waals surface area contributed by atoms with Gasteiger partial charge in [0.1, 0.15) is 17.3 Å². The van der Waals surface area contributed by atoms with E-state index in [1.807, 2.05) is 24.3 Å². The third-order valence-corrected chi connectivity index (χ3v) is 11.1. The van der Waals surface area contributed by atoms with Crippen LogP contribution in [-0.2, 0) is 6.54 Å². The molecule has 4 aromatic rings. The average Bonchev–Trinajstić information content (AvgIpc) is 3.27. The highest BCUT2D eigenvalue weighted by Gasteiger charge is 2.58. The molecule has 7 nitrogen and oxygen atoms in total. The van der Waals surface area contributed by atoms with Crippen LogP contribution in [0.1, 0.15) is 66.3 Å². The zero-order chi connectivity index (χ0) is 28.0. The maximum absolute atomic E-state index is 15.6. The molecule has 4 aliphatic rings. The second kappa shape index (κ2) is 9.39. The predicted molar refractivity (Wildman–Crippen MR) is 157 cm³/mol. The van der Waals surface area contributed by atoms with E-state index in [1.54, 1.807) is 0 Å². The number of carboxylic acid groups (broad SMARTS) is 1. The van der Waals surface area contributed by atoms with Gasteiger partial charge in [-0.2, -0.15) is 4.37 Å². The van der Waals surface area contributed by atoms with Crippen molar-refractivity contribution < 1.29 is 18.8 Å². The minimum absolute atomic E-state index is 0.0728. The summed E-state index contributed by atoms with van der Waals surface area (Å²) in [6, 6.07) is 9.17. The van der Waals surface area contributed by atoms with E-state index in [4.69, 9.17) is 27.7 Å². The van der Waals surface area contributed by atoms with Gasteiger partial charge in [0.25, 0.3) is 0 Å².